The molecule has 1 aliphatic carbocycles. The van der Waals surface area contributed by atoms with Crippen molar-refractivity contribution in [1.29, 1.82) is 0 Å². The van der Waals surface area contributed by atoms with Crippen molar-refractivity contribution in [2.45, 2.75) is 57.9 Å². The molecule has 28 heavy (non-hydrogen) atoms. The molecule has 1 saturated carbocycles. The Labute approximate surface area is 163 Å². The van der Waals surface area contributed by atoms with Crippen LogP contribution < -0.4 is 5.32 Å². The molecule has 0 unspecified atom stereocenters. The lowest BCUT2D eigenvalue weighted by Crippen LogP contribution is -2.44. The number of hydrogen-bond acceptors (Lipinski definition) is 6. The van der Waals surface area contributed by atoms with Gasteiger partial charge in [0.05, 0.1) is 6.20 Å². The minimum atomic E-state index is -0.515. The highest BCUT2D eigenvalue weighted by molar-refractivity contribution is 5.77. The molecule has 7 nitrogen and oxygen atoms in total. The van der Waals surface area contributed by atoms with Gasteiger partial charge in [-0.1, -0.05) is 47.8 Å². The largest absolute Gasteiger partial charge is 0.441 e. The molecule has 0 bridgehead atoms. The number of nitrogens with zero attached hydrogens (tertiary/aromatic N) is 3. The van der Waals surface area contributed by atoms with Gasteiger partial charge in [0.25, 0.3) is 0 Å². The Kier molecular flexibility index (Phi) is 4.98. The van der Waals surface area contributed by atoms with Gasteiger partial charge in [-0.2, -0.15) is 4.98 Å². The van der Waals surface area contributed by atoms with E-state index in [-0.39, 0.29) is 5.91 Å². The molecule has 0 aliphatic heterocycles. The van der Waals surface area contributed by atoms with Crippen molar-refractivity contribution in [2.75, 3.05) is 0 Å². The molecule has 4 rings (SSSR count). The Morgan fingerprint density at radius 2 is 1.93 bits per heavy atom. The molecule has 146 valence electrons. The first-order valence-corrected chi connectivity index (χ1v) is 9.68. The third-order valence-corrected chi connectivity index (χ3v) is 5.25. The van der Waals surface area contributed by atoms with Crippen LogP contribution in [0.3, 0.4) is 0 Å². The van der Waals surface area contributed by atoms with Gasteiger partial charge in [-0.3, -0.25) is 4.79 Å². The second-order valence-electron chi connectivity index (χ2n) is 7.46. The number of carbonyl (C=O) groups is 1. The predicted octanol–water partition coefficient (Wildman–Crippen LogP) is 3.86. The second kappa shape index (κ2) is 7.58. The number of carbonyl (C=O) groups excluding carboxylic acids is 1. The van der Waals surface area contributed by atoms with Gasteiger partial charge in [0.1, 0.15) is 5.54 Å². The van der Waals surface area contributed by atoms with Crippen LogP contribution in [0.4, 0.5) is 0 Å². The van der Waals surface area contributed by atoms with Crippen LogP contribution >= 0.6 is 0 Å². The lowest BCUT2D eigenvalue weighted by atomic mass is 9.96. The number of amides is 1. The van der Waals surface area contributed by atoms with E-state index < -0.39 is 5.54 Å². The Hall–Kier alpha value is -2.96. The minimum Gasteiger partial charge on any atom is -0.441 e. The monoisotopic (exact) mass is 380 g/mol. The summed E-state index contributed by atoms with van der Waals surface area (Å²) in [6, 6.07) is 8.07. The summed E-state index contributed by atoms with van der Waals surface area (Å²) in [5.41, 5.74) is 1.65. The molecule has 0 radical (unpaired) electrons. The van der Waals surface area contributed by atoms with Gasteiger partial charge in [-0.25, -0.2) is 4.98 Å². The minimum absolute atomic E-state index is 0.0561. The quantitative estimate of drug-likeness (QED) is 0.698. The maximum atomic E-state index is 12.6. The molecular formula is C21H24N4O3. The molecule has 2 heterocycles. The first kappa shape index (κ1) is 18.4. The molecule has 7 heteroatoms. The number of oxazole rings is 1. The average Bonchev–Trinajstić information content (AvgIpc) is 3.42. The van der Waals surface area contributed by atoms with Crippen molar-refractivity contribution in [1.82, 2.24) is 20.4 Å². The molecule has 3 aromatic rings. The van der Waals surface area contributed by atoms with Crippen molar-refractivity contribution in [3.8, 4) is 11.3 Å². The highest BCUT2D eigenvalue weighted by Gasteiger charge is 2.41. The van der Waals surface area contributed by atoms with E-state index in [1.807, 2.05) is 31.2 Å². The lowest BCUT2D eigenvalue weighted by molar-refractivity contribution is -0.123. The Balaban J connectivity index is 1.38. The summed E-state index contributed by atoms with van der Waals surface area (Å²) in [6.07, 6.45) is 6.17. The molecule has 1 amide bonds. The molecule has 1 N–H and O–H groups in total. The van der Waals surface area contributed by atoms with Gasteiger partial charge in [0.2, 0.25) is 11.8 Å². The number of benzene rings is 1. The van der Waals surface area contributed by atoms with Gasteiger partial charge >= 0.3 is 0 Å². The number of nitrogens with one attached hydrogen (secondary N) is 1. The van der Waals surface area contributed by atoms with E-state index in [1.165, 1.54) is 5.56 Å². The lowest BCUT2D eigenvalue weighted by Gasteiger charge is -2.26. The topological polar surface area (TPSA) is 94.1 Å². The standard InChI is InChI=1S/C21H24N4O3/c1-14-5-7-16(8-6-14)17-13-22-19(27-17)10-9-18(26)24-21(11-3-4-12-21)20-23-15(2)28-25-20/h5-8,13H,3-4,9-12H2,1-2H3,(H,24,26). The zero-order chi connectivity index (χ0) is 19.6. The Bertz CT molecular complexity index is 952. The van der Waals surface area contributed by atoms with E-state index in [0.29, 0.717) is 36.2 Å². The Morgan fingerprint density at radius 1 is 1.18 bits per heavy atom. The highest BCUT2D eigenvalue weighted by Crippen LogP contribution is 2.37. The number of aromatic nitrogens is 3. The van der Waals surface area contributed by atoms with Crippen LogP contribution in [0.1, 0.15) is 55.3 Å². The molecular weight excluding hydrogens is 356 g/mol. The second-order valence-corrected chi connectivity index (χ2v) is 7.46. The average molecular weight is 380 g/mol. The van der Waals surface area contributed by atoms with Crippen LogP contribution in [-0.4, -0.2) is 21.0 Å². The summed E-state index contributed by atoms with van der Waals surface area (Å²) in [5.74, 6) is 2.30. The molecule has 2 aromatic heterocycles. The van der Waals surface area contributed by atoms with Gasteiger partial charge in [0.15, 0.2) is 17.5 Å². The predicted molar refractivity (Wildman–Crippen MR) is 102 cm³/mol. The van der Waals surface area contributed by atoms with Crippen molar-refractivity contribution >= 4 is 5.91 Å². The molecule has 1 aliphatic rings. The maximum Gasteiger partial charge on any atom is 0.223 e. The van der Waals surface area contributed by atoms with E-state index in [0.717, 1.165) is 31.2 Å². The van der Waals surface area contributed by atoms with Crippen molar-refractivity contribution < 1.29 is 13.7 Å². The van der Waals surface area contributed by atoms with Crippen molar-refractivity contribution in [2.24, 2.45) is 0 Å². The van der Waals surface area contributed by atoms with Crippen LogP contribution in [-0.2, 0) is 16.8 Å². The first-order valence-electron chi connectivity index (χ1n) is 9.68. The van der Waals surface area contributed by atoms with Crippen LogP contribution in [0.15, 0.2) is 39.4 Å². The summed E-state index contributed by atoms with van der Waals surface area (Å²) in [5, 5.41) is 7.20. The number of aryl methyl sites for hydroxylation is 3. The van der Waals surface area contributed by atoms with Gasteiger partial charge in [-0.05, 0) is 19.8 Å². The van der Waals surface area contributed by atoms with Crippen LogP contribution in [0.25, 0.3) is 11.3 Å². The molecule has 1 aromatic carbocycles. The van der Waals surface area contributed by atoms with Gasteiger partial charge in [0, 0.05) is 25.3 Å². The fraction of sp³-hybridized carbons (Fsp3) is 0.429. The third-order valence-electron chi connectivity index (χ3n) is 5.25. The molecule has 0 spiro atoms. The maximum absolute atomic E-state index is 12.6. The first-order chi connectivity index (χ1) is 13.5. The zero-order valence-corrected chi connectivity index (χ0v) is 16.2. The van der Waals surface area contributed by atoms with E-state index in [2.05, 4.69) is 20.4 Å². The van der Waals surface area contributed by atoms with E-state index in [1.54, 1.807) is 13.1 Å². The summed E-state index contributed by atoms with van der Waals surface area (Å²) in [4.78, 5) is 21.3. The highest BCUT2D eigenvalue weighted by atomic mass is 16.5. The number of rotatable bonds is 6. The SMILES string of the molecule is Cc1ccc(-c2cnc(CCC(=O)NC3(c4noc(C)n4)CCCC3)o2)cc1. The van der Waals surface area contributed by atoms with Gasteiger partial charge < -0.3 is 14.3 Å². The van der Waals surface area contributed by atoms with Gasteiger partial charge in [-0.15, -0.1) is 0 Å². The van der Waals surface area contributed by atoms with Crippen molar-refractivity contribution in [3.63, 3.8) is 0 Å². The van der Waals surface area contributed by atoms with Crippen molar-refractivity contribution in [3.05, 3.63) is 53.6 Å². The fourth-order valence-electron chi connectivity index (χ4n) is 3.70. The third kappa shape index (κ3) is 3.83. The van der Waals surface area contributed by atoms with Crippen LogP contribution in [0.5, 0.6) is 0 Å². The fourth-order valence-corrected chi connectivity index (χ4v) is 3.70. The van der Waals surface area contributed by atoms with E-state index in [9.17, 15) is 4.79 Å². The van der Waals surface area contributed by atoms with E-state index >= 15 is 0 Å². The zero-order valence-electron chi connectivity index (χ0n) is 16.2. The van der Waals surface area contributed by atoms with Crippen LogP contribution in [0, 0.1) is 13.8 Å². The van der Waals surface area contributed by atoms with E-state index in [4.69, 9.17) is 8.94 Å². The molecule has 0 saturated heterocycles. The summed E-state index contributed by atoms with van der Waals surface area (Å²) in [7, 11) is 0. The normalized spacial score (nSPS) is 15.6. The molecule has 0 atom stereocenters. The smallest absolute Gasteiger partial charge is 0.223 e. The summed E-state index contributed by atoms with van der Waals surface area (Å²) in [6.45, 7) is 3.80. The van der Waals surface area contributed by atoms with Crippen LogP contribution in [0.2, 0.25) is 0 Å². The Morgan fingerprint density at radius 3 is 2.61 bits per heavy atom. The summed E-state index contributed by atoms with van der Waals surface area (Å²) < 4.78 is 10.9. The summed E-state index contributed by atoms with van der Waals surface area (Å²) >= 11 is 0. The molecule has 1 fully saturated rings. The number of hydrogen-bond donors (Lipinski definition) is 1.